The molecule has 13 heteroatoms. The molecule has 1 rings (SSSR count). The molecule has 0 saturated carbocycles. The van der Waals surface area contributed by atoms with E-state index in [4.69, 9.17) is 18.9 Å². The van der Waals surface area contributed by atoms with Crippen molar-refractivity contribution in [2.24, 2.45) is 0 Å². The predicted molar refractivity (Wildman–Crippen MR) is 234 cm³/mol. The quantitative estimate of drug-likeness (QED) is 0.0259. The summed E-state index contributed by atoms with van der Waals surface area (Å²) in [5, 5.41) is 30.9. The zero-order valence-corrected chi connectivity index (χ0v) is 38.2. The average Bonchev–Trinajstić information content (AvgIpc) is 3.20. The number of hydrogen-bond donors (Lipinski definition) is 4. The van der Waals surface area contributed by atoms with Crippen LogP contribution in [-0.4, -0.2) is 96.0 Å². The third kappa shape index (κ3) is 32.1. The van der Waals surface area contributed by atoms with E-state index in [2.05, 4.69) is 13.8 Å². The van der Waals surface area contributed by atoms with Crippen molar-refractivity contribution in [1.82, 2.24) is 0 Å². The standard InChI is InChI=1S/C46H88O12S/c1-3-5-7-9-11-13-15-16-17-18-19-20-21-22-23-24-25-27-29-31-33-35-42(48)57-39(36-55-41(47)34-32-30-28-26-14-12-10-8-6-4-2)37-56-46-45(51)44(50)43(49)40(58-46)38-59(52,53)54/h39-40,43-46,49-51H,3-38H2,1-2H3,(H,52,53,54)/t39-,40-,43-,44?,45?,46+/m1/s1. The van der Waals surface area contributed by atoms with Gasteiger partial charge in [0, 0.05) is 12.8 Å². The van der Waals surface area contributed by atoms with E-state index in [1.165, 1.54) is 148 Å². The molecule has 4 N–H and O–H groups in total. The van der Waals surface area contributed by atoms with Gasteiger partial charge in [-0.25, -0.2) is 0 Å². The lowest BCUT2D eigenvalue weighted by Crippen LogP contribution is -2.60. The van der Waals surface area contributed by atoms with Gasteiger partial charge in [0.2, 0.25) is 0 Å². The summed E-state index contributed by atoms with van der Waals surface area (Å²) >= 11 is 0. The van der Waals surface area contributed by atoms with Gasteiger partial charge in [-0.05, 0) is 12.8 Å². The Morgan fingerprint density at radius 3 is 1.24 bits per heavy atom. The molecular weight excluding hydrogens is 777 g/mol. The van der Waals surface area contributed by atoms with Gasteiger partial charge in [-0.15, -0.1) is 0 Å². The summed E-state index contributed by atoms with van der Waals surface area (Å²) in [6.07, 6.45) is 28.7. The van der Waals surface area contributed by atoms with E-state index in [0.29, 0.717) is 12.8 Å². The molecule has 0 amide bonds. The van der Waals surface area contributed by atoms with Crippen molar-refractivity contribution in [1.29, 1.82) is 0 Å². The molecule has 0 aromatic rings. The fourth-order valence-electron chi connectivity index (χ4n) is 7.68. The van der Waals surface area contributed by atoms with Gasteiger partial charge in [0.25, 0.3) is 10.1 Å². The minimum Gasteiger partial charge on any atom is -0.462 e. The third-order valence-corrected chi connectivity index (χ3v) is 12.2. The van der Waals surface area contributed by atoms with E-state index in [0.717, 1.165) is 38.5 Å². The molecule has 0 aromatic heterocycles. The number of unbranched alkanes of at least 4 members (excludes halogenated alkanes) is 29. The Kier molecular flexibility index (Phi) is 35.1. The van der Waals surface area contributed by atoms with E-state index in [9.17, 15) is 37.9 Å². The summed E-state index contributed by atoms with van der Waals surface area (Å²) in [7, 11) is -4.60. The molecule has 59 heavy (non-hydrogen) atoms. The lowest BCUT2D eigenvalue weighted by Gasteiger charge is -2.40. The Hall–Kier alpha value is -1.35. The second-order valence-corrected chi connectivity index (χ2v) is 18.6. The fourth-order valence-corrected chi connectivity index (χ4v) is 8.37. The Balaban J connectivity index is 2.34. The third-order valence-electron chi connectivity index (χ3n) is 11.4. The summed E-state index contributed by atoms with van der Waals surface area (Å²) in [6, 6.07) is 0. The number of aliphatic hydroxyl groups is 3. The molecule has 0 spiro atoms. The maximum atomic E-state index is 12.8. The largest absolute Gasteiger partial charge is 0.462 e. The van der Waals surface area contributed by atoms with Gasteiger partial charge in [0.05, 0.1) is 6.61 Å². The molecule has 2 unspecified atom stereocenters. The van der Waals surface area contributed by atoms with Crippen LogP contribution >= 0.6 is 0 Å². The average molecular weight is 865 g/mol. The number of carbonyl (C=O) groups excluding carboxylic acids is 2. The SMILES string of the molecule is CCCCCCCCCCCCCCCCCCCCCCCC(=O)O[C@H](COC(=O)CCCCCCCCCCCC)CO[C@H]1O[C@H](CS(=O)(=O)O)[C@@H](O)C(O)C1O. The Labute approximate surface area is 359 Å². The summed E-state index contributed by atoms with van der Waals surface area (Å²) in [5.74, 6) is -1.96. The fraction of sp³-hybridized carbons (Fsp3) is 0.957. The number of aliphatic hydroxyl groups excluding tert-OH is 3. The van der Waals surface area contributed by atoms with Gasteiger partial charge in [-0.2, -0.15) is 8.42 Å². The number of esters is 2. The van der Waals surface area contributed by atoms with Crippen LogP contribution in [0.4, 0.5) is 0 Å². The minimum atomic E-state index is -4.60. The van der Waals surface area contributed by atoms with Gasteiger partial charge in [-0.3, -0.25) is 14.1 Å². The van der Waals surface area contributed by atoms with Gasteiger partial charge in [0.1, 0.15) is 36.8 Å². The molecule has 350 valence electrons. The van der Waals surface area contributed by atoms with E-state index in [1.807, 2.05) is 0 Å². The zero-order chi connectivity index (χ0) is 43.4. The molecule has 12 nitrogen and oxygen atoms in total. The van der Waals surface area contributed by atoms with Crippen LogP contribution < -0.4 is 0 Å². The molecule has 1 aliphatic heterocycles. The molecule has 1 saturated heterocycles. The van der Waals surface area contributed by atoms with Crippen molar-refractivity contribution in [3.63, 3.8) is 0 Å². The van der Waals surface area contributed by atoms with Crippen LogP contribution in [0.2, 0.25) is 0 Å². The molecule has 0 aliphatic carbocycles. The summed E-state index contributed by atoms with van der Waals surface area (Å²) in [6.45, 7) is 3.77. The summed E-state index contributed by atoms with van der Waals surface area (Å²) < 4.78 is 54.1. The Morgan fingerprint density at radius 2 is 0.864 bits per heavy atom. The second kappa shape index (κ2) is 37.2. The first-order chi connectivity index (χ1) is 28.5. The van der Waals surface area contributed by atoms with Crippen LogP contribution in [0.1, 0.15) is 226 Å². The maximum absolute atomic E-state index is 12.8. The van der Waals surface area contributed by atoms with E-state index in [1.54, 1.807) is 0 Å². The first kappa shape index (κ1) is 55.7. The van der Waals surface area contributed by atoms with Gasteiger partial charge in [0.15, 0.2) is 12.4 Å². The highest BCUT2D eigenvalue weighted by atomic mass is 32.2. The van der Waals surface area contributed by atoms with Crippen molar-refractivity contribution >= 4 is 22.1 Å². The first-order valence-corrected chi connectivity index (χ1v) is 25.7. The number of hydrogen-bond acceptors (Lipinski definition) is 11. The van der Waals surface area contributed by atoms with Gasteiger partial charge in [-0.1, -0.05) is 200 Å². The monoisotopic (exact) mass is 865 g/mol. The number of rotatable bonds is 41. The first-order valence-electron chi connectivity index (χ1n) is 24.1. The van der Waals surface area contributed by atoms with Gasteiger partial charge >= 0.3 is 11.9 Å². The smallest absolute Gasteiger partial charge is 0.306 e. The highest BCUT2D eigenvalue weighted by molar-refractivity contribution is 7.85. The van der Waals surface area contributed by atoms with Crippen LogP contribution in [0.25, 0.3) is 0 Å². The van der Waals surface area contributed by atoms with Crippen LogP contribution in [0.3, 0.4) is 0 Å². The summed E-state index contributed by atoms with van der Waals surface area (Å²) in [4.78, 5) is 25.4. The van der Waals surface area contributed by atoms with Crippen LogP contribution in [0.15, 0.2) is 0 Å². The highest BCUT2D eigenvalue weighted by Crippen LogP contribution is 2.24. The van der Waals surface area contributed by atoms with Gasteiger partial charge < -0.3 is 34.3 Å². The maximum Gasteiger partial charge on any atom is 0.306 e. The van der Waals surface area contributed by atoms with Crippen molar-refractivity contribution in [3.05, 3.63) is 0 Å². The van der Waals surface area contributed by atoms with E-state index < -0.39 is 71.2 Å². The molecule has 6 atom stereocenters. The number of ether oxygens (including phenoxy) is 4. The normalized spacial score (nSPS) is 20.1. The zero-order valence-electron chi connectivity index (χ0n) is 37.4. The van der Waals surface area contributed by atoms with Crippen molar-refractivity contribution in [3.8, 4) is 0 Å². The van der Waals surface area contributed by atoms with Crippen molar-refractivity contribution in [2.75, 3.05) is 19.0 Å². The Morgan fingerprint density at radius 1 is 0.508 bits per heavy atom. The molecule has 1 heterocycles. The molecule has 1 aliphatic rings. The highest BCUT2D eigenvalue weighted by Gasteiger charge is 2.46. The molecular formula is C46H88O12S. The summed E-state index contributed by atoms with van der Waals surface area (Å²) in [5.41, 5.74) is 0. The van der Waals surface area contributed by atoms with Crippen LogP contribution in [-0.2, 0) is 38.7 Å². The molecule has 0 radical (unpaired) electrons. The minimum absolute atomic E-state index is 0.173. The topological polar surface area (TPSA) is 186 Å². The van der Waals surface area contributed by atoms with Crippen LogP contribution in [0, 0.1) is 0 Å². The lowest BCUT2D eigenvalue weighted by atomic mass is 10.00. The molecule has 1 fully saturated rings. The number of carbonyl (C=O) groups is 2. The van der Waals surface area contributed by atoms with Crippen molar-refractivity contribution < 1.29 is 56.8 Å². The predicted octanol–water partition coefficient (Wildman–Crippen LogP) is 10.1. The molecule has 0 aromatic carbocycles. The second-order valence-electron chi connectivity index (χ2n) is 17.1. The molecule has 0 bridgehead atoms. The van der Waals surface area contributed by atoms with E-state index in [-0.39, 0.29) is 19.4 Å². The van der Waals surface area contributed by atoms with Crippen LogP contribution in [0.5, 0.6) is 0 Å². The Bertz CT molecular complexity index is 1110. The van der Waals surface area contributed by atoms with Crippen molar-refractivity contribution in [2.45, 2.75) is 263 Å². The lowest BCUT2D eigenvalue weighted by molar-refractivity contribution is -0.297. The van der Waals surface area contributed by atoms with E-state index >= 15 is 0 Å².